The molecule has 3 rings (SSSR count). The van der Waals surface area contributed by atoms with E-state index >= 15 is 0 Å². The molecular formula is C18H20F2N2O2. The van der Waals surface area contributed by atoms with Crippen molar-refractivity contribution < 1.29 is 13.5 Å². The first-order chi connectivity index (χ1) is 11.6. The number of likely N-dealkylation sites (tertiary alicyclic amines) is 1. The average molecular weight is 334 g/mol. The number of hydrogen-bond donors (Lipinski definition) is 1. The minimum Gasteiger partial charge on any atom is -0.487 e. The van der Waals surface area contributed by atoms with E-state index in [0.29, 0.717) is 13.2 Å². The number of aromatic nitrogens is 1. The summed E-state index contributed by atoms with van der Waals surface area (Å²) < 4.78 is 32.4. The Hall–Kier alpha value is -2.21. The van der Waals surface area contributed by atoms with Gasteiger partial charge in [0.05, 0.1) is 6.61 Å². The number of ether oxygens (including phenoxy) is 1. The molecule has 2 heterocycles. The van der Waals surface area contributed by atoms with Crippen LogP contribution in [0.25, 0.3) is 0 Å². The molecule has 0 spiro atoms. The summed E-state index contributed by atoms with van der Waals surface area (Å²) in [6.45, 7) is 2.59. The normalized spacial score (nSPS) is 16.2. The van der Waals surface area contributed by atoms with Gasteiger partial charge >= 0.3 is 0 Å². The third kappa shape index (κ3) is 4.00. The number of benzene rings is 1. The van der Waals surface area contributed by atoms with Crippen molar-refractivity contribution in [1.29, 1.82) is 0 Å². The van der Waals surface area contributed by atoms with Crippen LogP contribution in [0.15, 0.2) is 41.3 Å². The predicted octanol–water partition coefficient (Wildman–Crippen LogP) is 2.94. The Kier molecular flexibility index (Phi) is 5.25. The Labute approximate surface area is 139 Å². The van der Waals surface area contributed by atoms with Gasteiger partial charge in [-0.05, 0) is 50.0 Å². The maximum atomic E-state index is 13.5. The number of para-hydroxylation sites is 1. The van der Waals surface area contributed by atoms with Crippen molar-refractivity contribution in [2.45, 2.75) is 19.4 Å². The number of rotatable bonds is 5. The van der Waals surface area contributed by atoms with Crippen LogP contribution in [-0.2, 0) is 6.54 Å². The van der Waals surface area contributed by atoms with Crippen molar-refractivity contribution in [2.75, 3.05) is 19.7 Å². The van der Waals surface area contributed by atoms with Crippen LogP contribution in [0, 0.1) is 17.6 Å². The number of aromatic amines is 1. The zero-order valence-corrected chi connectivity index (χ0v) is 13.3. The van der Waals surface area contributed by atoms with Gasteiger partial charge in [-0.3, -0.25) is 9.69 Å². The zero-order chi connectivity index (χ0) is 16.9. The van der Waals surface area contributed by atoms with Crippen LogP contribution < -0.4 is 10.3 Å². The predicted molar refractivity (Wildman–Crippen MR) is 86.9 cm³/mol. The minimum atomic E-state index is -0.671. The molecule has 128 valence electrons. The lowest BCUT2D eigenvalue weighted by molar-refractivity contribution is 0.132. The molecule has 1 aromatic carbocycles. The highest BCUT2D eigenvalue weighted by molar-refractivity contribution is 5.26. The average Bonchev–Trinajstić information content (AvgIpc) is 2.58. The number of piperidine rings is 1. The van der Waals surface area contributed by atoms with Gasteiger partial charge in [-0.2, -0.15) is 0 Å². The van der Waals surface area contributed by atoms with Crippen molar-refractivity contribution in [3.8, 4) is 5.75 Å². The quantitative estimate of drug-likeness (QED) is 0.914. The third-order valence-corrected chi connectivity index (χ3v) is 4.38. The summed E-state index contributed by atoms with van der Waals surface area (Å²) in [6, 6.07) is 7.35. The van der Waals surface area contributed by atoms with Crippen molar-refractivity contribution in [3.05, 3.63) is 64.1 Å². The van der Waals surface area contributed by atoms with E-state index in [1.165, 1.54) is 18.2 Å². The van der Waals surface area contributed by atoms with Gasteiger partial charge in [-0.1, -0.05) is 12.1 Å². The second kappa shape index (κ2) is 7.57. The topological polar surface area (TPSA) is 45.3 Å². The van der Waals surface area contributed by atoms with E-state index in [1.54, 1.807) is 6.20 Å². The fourth-order valence-corrected chi connectivity index (χ4v) is 2.95. The third-order valence-electron chi connectivity index (χ3n) is 4.38. The molecule has 1 aliphatic heterocycles. The van der Waals surface area contributed by atoms with Crippen LogP contribution in [0.2, 0.25) is 0 Å². The van der Waals surface area contributed by atoms with E-state index in [-0.39, 0.29) is 17.2 Å². The smallest absolute Gasteiger partial charge is 0.252 e. The molecule has 0 saturated carbocycles. The van der Waals surface area contributed by atoms with Crippen molar-refractivity contribution in [3.63, 3.8) is 0 Å². The molecular weight excluding hydrogens is 314 g/mol. The van der Waals surface area contributed by atoms with Gasteiger partial charge in [0.2, 0.25) is 0 Å². The molecule has 1 N–H and O–H groups in total. The molecule has 0 amide bonds. The van der Waals surface area contributed by atoms with E-state index in [0.717, 1.165) is 31.5 Å². The van der Waals surface area contributed by atoms with Gasteiger partial charge in [0.1, 0.15) is 0 Å². The summed E-state index contributed by atoms with van der Waals surface area (Å²) in [5, 5.41) is 0. The lowest BCUT2D eigenvalue weighted by Crippen LogP contribution is -2.36. The molecule has 0 bridgehead atoms. The second-order valence-electron chi connectivity index (χ2n) is 6.11. The van der Waals surface area contributed by atoms with Gasteiger partial charge in [-0.15, -0.1) is 0 Å². The van der Waals surface area contributed by atoms with Gasteiger partial charge < -0.3 is 9.72 Å². The largest absolute Gasteiger partial charge is 0.487 e. The van der Waals surface area contributed by atoms with Gasteiger partial charge in [0.25, 0.3) is 5.56 Å². The summed E-state index contributed by atoms with van der Waals surface area (Å²) in [4.78, 5) is 16.6. The Bertz CT molecular complexity index is 720. The van der Waals surface area contributed by atoms with Crippen molar-refractivity contribution in [1.82, 2.24) is 9.88 Å². The van der Waals surface area contributed by atoms with Crippen LogP contribution in [0.3, 0.4) is 0 Å². The molecule has 1 aromatic heterocycles. The molecule has 2 aromatic rings. The maximum Gasteiger partial charge on any atom is 0.252 e. The molecule has 6 heteroatoms. The van der Waals surface area contributed by atoms with Crippen molar-refractivity contribution in [2.24, 2.45) is 5.92 Å². The Morgan fingerprint density at radius 2 is 1.83 bits per heavy atom. The van der Waals surface area contributed by atoms with E-state index in [9.17, 15) is 13.6 Å². The summed E-state index contributed by atoms with van der Waals surface area (Å²) in [5.74, 6) is -1.38. The number of nitrogens with zero attached hydrogens (tertiary/aromatic N) is 1. The number of H-pyrrole nitrogens is 1. The Morgan fingerprint density at radius 1 is 1.12 bits per heavy atom. The highest BCUT2D eigenvalue weighted by Gasteiger charge is 2.21. The number of hydrogen-bond acceptors (Lipinski definition) is 3. The highest BCUT2D eigenvalue weighted by atomic mass is 19.1. The van der Waals surface area contributed by atoms with Crippen LogP contribution in [0.4, 0.5) is 8.78 Å². The monoisotopic (exact) mass is 334 g/mol. The van der Waals surface area contributed by atoms with Crippen LogP contribution >= 0.6 is 0 Å². The Balaban J connectivity index is 1.49. The fraction of sp³-hybridized carbons (Fsp3) is 0.389. The standard InChI is InChI=1S/C18H20F2N2O2/c19-15-4-1-5-16(20)17(15)24-12-13-6-9-22(10-7-13)11-14-3-2-8-21-18(14)23/h1-5,8,13H,6-7,9-12H2,(H,21,23). The molecule has 1 aliphatic rings. The fourth-order valence-electron chi connectivity index (χ4n) is 2.95. The van der Waals surface area contributed by atoms with Crippen molar-refractivity contribution >= 4 is 0 Å². The van der Waals surface area contributed by atoms with Crippen LogP contribution in [0.1, 0.15) is 18.4 Å². The second-order valence-corrected chi connectivity index (χ2v) is 6.11. The first-order valence-corrected chi connectivity index (χ1v) is 8.09. The summed E-state index contributed by atoms with van der Waals surface area (Å²) in [5.41, 5.74) is 0.693. The maximum absolute atomic E-state index is 13.5. The molecule has 0 radical (unpaired) electrons. The molecule has 24 heavy (non-hydrogen) atoms. The minimum absolute atomic E-state index is 0.0574. The van der Waals surface area contributed by atoms with Gasteiger partial charge in [0, 0.05) is 18.3 Å². The number of pyridine rings is 1. The summed E-state index contributed by atoms with van der Waals surface area (Å²) in [7, 11) is 0. The first-order valence-electron chi connectivity index (χ1n) is 8.09. The first kappa shape index (κ1) is 16.6. The SMILES string of the molecule is O=c1[nH]cccc1CN1CCC(COc2c(F)cccc2F)CC1. The zero-order valence-electron chi connectivity index (χ0n) is 13.3. The Morgan fingerprint density at radius 3 is 2.50 bits per heavy atom. The molecule has 1 saturated heterocycles. The van der Waals surface area contributed by atoms with E-state index < -0.39 is 11.6 Å². The molecule has 0 unspecified atom stereocenters. The van der Waals surface area contributed by atoms with Crippen LogP contribution in [0.5, 0.6) is 5.75 Å². The van der Waals surface area contributed by atoms with Gasteiger partial charge in [0.15, 0.2) is 17.4 Å². The molecule has 1 fully saturated rings. The molecule has 0 aliphatic carbocycles. The summed E-state index contributed by atoms with van der Waals surface area (Å²) >= 11 is 0. The van der Waals surface area contributed by atoms with E-state index in [4.69, 9.17) is 4.74 Å². The lowest BCUT2D eigenvalue weighted by Gasteiger charge is -2.31. The van der Waals surface area contributed by atoms with E-state index in [2.05, 4.69) is 9.88 Å². The number of halogens is 2. The lowest BCUT2D eigenvalue weighted by atomic mass is 9.97. The molecule has 4 nitrogen and oxygen atoms in total. The van der Waals surface area contributed by atoms with Gasteiger partial charge in [-0.25, -0.2) is 8.78 Å². The summed E-state index contributed by atoms with van der Waals surface area (Å²) in [6.07, 6.45) is 3.37. The number of nitrogens with one attached hydrogen (secondary N) is 1. The highest BCUT2D eigenvalue weighted by Crippen LogP contribution is 2.24. The van der Waals surface area contributed by atoms with Crippen LogP contribution in [-0.4, -0.2) is 29.6 Å². The van der Waals surface area contributed by atoms with E-state index in [1.807, 2.05) is 12.1 Å². The molecule has 0 atom stereocenters.